The summed E-state index contributed by atoms with van der Waals surface area (Å²) in [6.45, 7) is 8.44. The van der Waals surface area contributed by atoms with Crippen LogP contribution in [0.1, 0.15) is 27.2 Å². The number of carbonyl (C=O) groups excluding carboxylic acids is 3. The molecule has 0 aliphatic carbocycles. The van der Waals surface area contributed by atoms with Crippen molar-refractivity contribution in [1.29, 1.82) is 0 Å². The molecule has 0 aliphatic heterocycles. The minimum absolute atomic E-state index is 0.0319. The van der Waals surface area contributed by atoms with Crippen LogP contribution < -0.4 is 5.32 Å². The zero-order valence-electron chi connectivity index (χ0n) is 12.8. The smallest absolute Gasteiger partial charge is 0.333 e. The van der Waals surface area contributed by atoms with Gasteiger partial charge in [-0.1, -0.05) is 6.58 Å². The molecule has 1 amide bonds. The molecular weight excluding hydrogens is 294 g/mol. The van der Waals surface area contributed by atoms with Crippen molar-refractivity contribution in [3.63, 3.8) is 0 Å². The normalized spacial score (nSPS) is 11.4. The van der Waals surface area contributed by atoms with E-state index in [-0.39, 0.29) is 37.6 Å². The Kier molecular flexibility index (Phi) is 10.4. The summed E-state index contributed by atoms with van der Waals surface area (Å²) < 4.78 is 9.70. The predicted octanol–water partition coefficient (Wildman–Crippen LogP) is 1.30. The molecule has 0 saturated carbocycles. The van der Waals surface area contributed by atoms with Gasteiger partial charge in [0.05, 0.1) is 6.42 Å². The summed E-state index contributed by atoms with van der Waals surface area (Å²) in [5.41, 5.74) is 0.311. The van der Waals surface area contributed by atoms with Gasteiger partial charge in [-0.2, -0.15) is 11.8 Å². The summed E-state index contributed by atoms with van der Waals surface area (Å²) in [5, 5.41) is 2.76. The molecule has 0 aromatic rings. The average Bonchev–Trinajstić information content (AvgIpc) is 2.38. The van der Waals surface area contributed by atoms with Gasteiger partial charge in [0.25, 0.3) is 0 Å². The summed E-state index contributed by atoms with van der Waals surface area (Å²) in [6.07, 6.45) is 0.284. The Hall–Kier alpha value is -1.50. The van der Waals surface area contributed by atoms with Gasteiger partial charge in [-0.3, -0.25) is 9.59 Å². The first kappa shape index (κ1) is 19.5. The summed E-state index contributed by atoms with van der Waals surface area (Å²) in [6, 6.07) is 0.0741. The Morgan fingerprint density at radius 1 is 1.19 bits per heavy atom. The SMILES string of the molecule is C=C(C)C(=O)OCCOC(=O)CCSCC(C)NC(C)=O. The van der Waals surface area contributed by atoms with Crippen LogP contribution in [0.2, 0.25) is 0 Å². The lowest BCUT2D eigenvalue weighted by Gasteiger charge is -2.11. The zero-order chi connectivity index (χ0) is 16.3. The minimum Gasteiger partial charge on any atom is -0.462 e. The lowest BCUT2D eigenvalue weighted by atomic mass is 10.4. The number of hydrogen-bond acceptors (Lipinski definition) is 6. The van der Waals surface area contributed by atoms with Crippen molar-refractivity contribution in [2.24, 2.45) is 0 Å². The number of ether oxygens (including phenoxy) is 2. The molecule has 0 heterocycles. The third-order valence-corrected chi connectivity index (χ3v) is 3.42. The molecule has 0 spiro atoms. The van der Waals surface area contributed by atoms with Crippen molar-refractivity contribution < 1.29 is 23.9 Å². The summed E-state index contributed by atoms with van der Waals surface area (Å²) >= 11 is 1.57. The number of amides is 1. The van der Waals surface area contributed by atoms with Gasteiger partial charge in [-0.05, 0) is 13.8 Å². The molecule has 1 atom stereocenters. The van der Waals surface area contributed by atoms with E-state index in [1.165, 1.54) is 6.92 Å². The first-order chi connectivity index (χ1) is 9.82. The van der Waals surface area contributed by atoms with Gasteiger partial charge < -0.3 is 14.8 Å². The Morgan fingerprint density at radius 3 is 2.38 bits per heavy atom. The van der Waals surface area contributed by atoms with Crippen molar-refractivity contribution in [2.75, 3.05) is 24.7 Å². The fourth-order valence-electron chi connectivity index (χ4n) is 1.29. The largest absolute Gasteiger partial charge is 0.462 e. The average molecular weight is 317 g/mol. The second-order valence-electron chi connectivity index (χ2n) is 4.56. The Labute approximate surface area is 129 Å². The van der Waals surface area contributed by atoms with Crippen LogP contribution in [0.4, 0.5) is 0 Å². The molecule has 0 fully saturated rings. The van der Waals surface area contributed by atoms with Crippen LogP contribution in [-0.2, 0) is 23.9 Å². The fraction of sp³-hybridized carbons (Fsp3) is 0.643. The summed E-state index contributed by atoms with van der Waals surface area (Å²) in [7, 11) is 0. The monoisotopic (exact) mass is 317 g/mol. The highest BCUT2D eigenvalue weighted by Gasteiger charge is 2.07. The van der Waals surface area contributed by atoms with Crippen LogP contribution in [0.15, 0.2) is 12.2 Å². The number of nitrogens with one attached hydrogen (secondary N) is 1. The minimum atomic E-state index is -0.492. The lowest BCUT2D eigenvalue weighted by molar-refractivity contribution is -0.149. The lowest BCUT2D eigenvalue weighted by Crippen LogP contribution is -2.32. The van der Waals surface area contributed by atoms with Gasteiger partial charge in [0.2, 0.25) is 5.91 Å². The topological polar surface area (TPSA) is 81.7 Å². The molecule has 7 heteroatoms. The van der Waals surface area contributed by atoms with Crippen LogP contribution in [0.5, 0.6) is 0 Å². The molecule has 1 N–H and O–H groups in total. The van der Waals surface area contributed by atoms with Gasteiger partial charge in [-0.15, -0.1) is 0 Å². The van der Waals surface area contributed by atoms with Crippen molar-refractivity contribution in [2.45, 2.75) is 33.2 Å². The number of rotatable bonds is 10. The highest BCUT2D eigenvalue weighted by atomic mass is 32.2. The van der Waals surface area contributed by atoms with E-state index in [1.807, 2.05) is 6.92 Å². The van der Waals surface area contributed by atoms with Crippen molar-refractivity contribution in [1.82, 2.24) is 5.32 Å². The van der Waals surface area contributed by atoms with E-state index in [9.17, 15) is 14.4 Å². The van der Waals surface area contributed by atoms with Crippen molar-refractivity contribution >= 4 is 29.6 Å². The number of carbonyl (C=O) groups is 3. The zero-order valence-corrected chi connectivity index (χ0v) is 13.6. The van der Waals surface area contributed by atoms with Crippen LogP contribution >= 0.6 is 11.8 Å². The van der Waals surface area contributed by atoms with Crippen LogP contribution in [0.25, 0.3) is 0 Å². The maximum Gasteiger partial charge on any atom is 0.333 e. The third-order valence-electron chi connectivity index (χ3n) is 2.20. The highest BCUT2D eigenvalue weighted by molar-refractivity contribution is 7.99. The number of esters is 2. The Balaban J connectivity index is 3.53. The third kappa shape index (κ3) is 12.0. The Morgan fingerprint density at radius 2 is 1.81 bits per heavy atom. The van der Waals surface area contributed by atoms with E-state index >= 15 is 0 Å². The Bertz CT molecular complexity index is 384. The highest BCUT2D eigenvalue weighted by Crippen LogP contribution is 2.05. The van der Waals surface area contributed by atoms with Gasteiger partial charge in [0, 0.05) is 30.0 Å². The predicted molar refractivity (Wildman–Crippen MR) is 82.0 cm³/mol. The maximum atomic E-state index is 11.4. The van der Waals surface area contributed by atoms with Crippen molar-refractivity contribution in [3.8, 4) is 0 Å². The van der Waals surface area contributed by atoms with Gasteiger partial charge in [0.1, 0.15) is 13.2 Å². The molecule has 0 saturated heterocycles. The first-order valence-electron chi connectivity index (χ1n) is 6.66. The standard InChI is InChI=1S/C14H23NO5S/c1-10(2)14(18)20-7-6-19-13(17)5-8-21-9-11(3)15-12(4)16/h11H,1,5-9H2,2-4H3,(H,15,16). The first-order valence-corrected chi connectivity index (χ1v) is 7.81. The molecule has 120 valence electrons. The van der Waals surface area contributed by atoms with Crippen molar-refractivity contribution in [3.05, 3.63) is 12.2 Å². The van der Waals surface area contributed by atoms with Gasteiger partial charge in [-0.25, -0.2) is 4.79 Å². The van der Waals surface area contributed by atoms with Gasteiger partial charge >= 0.3 is 11.9 Å². The number of thioether (sulfide) groups is 1. The van der Waals surface area contributed by atoms with E-state index < -0.39 is 5.97 Å². The van der Waals surface area contributed by atoms with Crippen LogP contribution in [0, 0.1) is 0 Å². The van der Waals surface area contributed by atoms with Crippen LogP contribution in [-0.4, -0.2) is 48.6 Å². The molecule has 0 bridgehead atoms. The molecule has 1 unspecified atom stereocenters. The molecule has 0 radical (unpaired) electrons. The van der Waals surface area contributed by atoms with E-state index in [2.05, 4.69) is 11.9 Å². The van der Waals surface area contributed by atoms with Crippen LogP contribution in [0.3, 0.4) is 0 Å². The van der Waals surface area contributed by atoms with E-state index in [4.69, 9.17) is 9.47 Å². The summed E-state index contributed by atoms with van der Waals surface area (Å²) in [5.74, 6) is 0.471. The maximum absolute atomic E-state index is 11.4. The fourth-order valence-corrected chi connectivity index (χ4v) is 2.20. The second kappa shape index (κ2) is 11.2. The molecule has 6 nitrogen and oxygen atoms in total. The number of hydrogen-bond donors (Lipinski definition) is 1. The summed E-state index contributed by atoms with van der Waals surface area (Å²) in [4.78, 5) is 33.2. The molecule has 0 aromatic heterocycles. The van der Waals surface area contributed by atoms with Gasteiger partial charge in [0.15, 0.2) is 0 Å². The quantitative estimate of drug-likeness (QED) is 0.371. The molecule has 0 rings (SSSR count). The van der Waals surface area contributed by atoms with E-state index in [1.54, 1.807) is 18.7 Å². The molecular formula is C14H23NO5S. The molecule has 21 heavy (non-hydrogen) atoms. The molecule has 0 aromatic carbocycles. The van der Waals surface area contributed by atoms with E-state index in [0.29, 0.717) is 11.3 Å². The molecule has 0 aliphatic rings. The second-order valence-corrected chi connectivity index (χ2v) is 5.71. The van der Waals surface area contributed by atoms with E-state index in [0.717, 1.165) is 5.75 Å².